The van der Waals surface area contributed by atoms with E-state index in [2.05, 4.69) is 22.9 Å². The van der Waals surface area contributed by atoms with E-state index in [1.165, 1.54) is 6.92 Å². The molecule has 1 aromatic carbocycles. The van der Waals surface area contributed by atoms with Crippen molar-refractivity contribution < 1.29 is 9.59 Å². The predicted octanol–water partition coefficient (Wildman–Crippen LogP) is 1.52. The van der Waals surface area contributed by atoms with Crippen molar-refractivity contribution in [2.75, 3.05) is 11.9 Å². The van der Waals surface area contributed by atoms with E-state index in [4.69, 9.17) is 0 Å². The van der Waals surface area contributed by atoms with Crippen LogP contribution in [0.1, 0.15) is 37.0 Å². The molecule has 0 saturated carbocycles. The molecule has 0 aromatic heterocycles. The molecule has 1 fully saturated rings. The van der Waals surface area contributed by atoms with E-state index in [1.807, 2.05) is 0 Å². The van der Waals surface area contributed by atoms with Crippen LogP contribution in [0.4, 0.5) is 5.69 Å². The van der Waals surface area contributed by atoms with Gasteiger partial charge in [-0.1, -0.05) is 0 Å². The van der Waals surface area contributed by atoms with Crippen LogP contribution in [0.5, 0.6) is 0 Å². The summed E-state index contributed by atoms with van der Waals surface area (Å²) in [5.41, 5.74) is 1.30. The van der Waals surface area contributed by atoms with Crippen LogP contribution in [0.25, 0.3) is 0 Å². The summed E-state index contributed by atoms with van der Waals surface area (Å²) in [7, 11) is 0. The minimum Gasteiger partial charge on any atom is -0.348 e. The largest absolute Gasteiger partial charge is 0.348 e. The smallest absolute Gasteiger partial charge is 0.251 e. The zero-order chi connectivity index (χ0) is 14.5. The van der Waals surface area contributed by atoms with Gasteiger partial charge in [0, 0.05) is 30.3 Å². The summed E-state index contributed by atoms with van der Waals surface area (Å²) < 4.78 is 0. The quantitative estimate of drug-likeness (QED) is 0.783. The number of rotatable bonds is 3. The Labute approximate surface area is 119 Å². The molecule has 0 radical (unpaired) electrons. The molecule has 2 unspecified atom stereocenters. The number of anilines is 1. The monoisotopic (exact) mass is 275 g/mol. The lowest BCUT2D eigenvalue weighted by atomic mass is 9.99. The Morgan fingerprint density at radius 1 is 1.25 bits per heavy atom. The second-order valence-electron chi connectivity index (χ2n) is 5.22. The van der Waals surface area contributed by atoms with Gasteiger partial charge in [-0.15, -0.1) is 0 Å². The molecule has 3 N–H and O–H groups in total. The Morgan fingerprint density at radius 3 is 2.55 bits per heavy atom. The molecule has 1 aliphatic heterocycles. The summed E-state index contributed by atoms with van der Waals surface area (Å²) in [4.78, 5) is 23.1. The van der Waals surface area contributed by atoms with E-state index in [1.54, 1.807) is 24.3 Å². The van der Waals surface area contributed by atoms with Gasteiger partial charge in [0.2, 0.25) is 5.91 Å². The van der Waals surface area contributed by atoms with Crippen LogP contribution in [-0.2, 0) is 4.79 Å². The average molecular weight is 275 g/mol. The van der Waals surface area contributed by atoms with Gasteiger partial charge in [-0.25, -0.2) is 0 Å². The van der Waals surface area contributed by atoms with Gasteiger partial charge in [0.05, 0.1) is 0 Å². The molecule has 2 atom stereocenters. The Morgan fingerprint density at radius 2 is 1.95 bits per heavy atom. The third-order valence-electron chi connectivity index (χ3n) is 3.55. The van der Waals surface area contributed by atoms with Crippen molar-refractivity contribution in [2.45, 2.75) is 38.8 Å². The van der Waals surface area contributed by atoms with Gasteiger partial charge in [0.25, 0.3) is 5.91 Å². The van der Waals surface area contributed by atoms with E-state index in [0.29, 0.717) is 17.3 Å². The van der Waals surface area contributed by atoms with Crippen molar-refractivity contribution in [1.82, 2.24) is 10.6 Å². The lowest BCUT2D eigenvalue weighted by Crippen LogP contribution is -2.51. The van der Waals surface area contributed by atoms with E-state index >= 15 is 0 Å². The minimum absolute atomic E-state index is 0.0695. The lowest BCUT2D eigenvalue weighted by Gasteiger charge is -2.30. The molecular formula is C15H21N3O2. The average Bonchev–Trinajstić information content (AvgIpc) is 2.41. The Balaban J connectivity index is 1.96. The number of nitrogens with one attached hydrogen (secondary N) is 3. The van der Waals surface area contributed by atoms with E-state index in [-0.39, 0.29) is 17.9 Å². The van der Waals surface area contributed by atoms with Crippen molar-refractivity contribution in [3.8, 4) is 0 Å². The number of hydrogen-bond acceptors (Lipinski definition) is 3. The van der Waals surface area contributed by atoms with Crippen LogP contribution >= 0.6 is 0 Å². The van der Waals surface area contributed by atoms with Crippen molar-refractivity contribution in [3.05, 3.63) is 29.8 Å². The summed E-state index contributed by atoms with van der Waals surface area (Å²) in [5, 5.41) is 9.09. The molecule has 0 bridgehead atoms. The molecule has 0 aliphatic carbocycles. The maximum absolute atomic E-state index is 12.2. The van der Waals surface area contributed by atoms with Crippen molar-refractivity contribution >= 4 is 17.5 Å². The second kappa shape index (κ2) is 6.52. The van der Waals surface area contributed by atoms with Gasteiger partial charge in [0.15, 0.2) is 0 Å². The maximum atomic E-state index is 12.2. The SMILES string of the molecule is CC(=O)Nc1ccc(C(=O)NC2CCCNC2C)cc1. The Kier molecular flexibility index (Phi) is 4.74. The van der Waals surface area contributed by atoms with Crippen LogP contribution < -0.4 is 16.0 Å². The van der Waals surface area contributed by atoms with Gasteiger partial charge >= 0.3 is 0 Å². The van der Waals surface area contributed by atoms with Gasteiger partial charge in [-0.05, 0) is 50.6 Å². The van der Waals surface area contributed by atoms with Gasteiger partial charge in [-0.3, -0.25) is 9.59 Å². The normalized spacial score (nSPS) is 22.1. The summed E-state index contributed by atoms with van der Waals surface area (Å²) in [6.45, 7) is 4.56. The molecule has 1 heterocycles. The Hall–Kier alpha value is -1.88. The first-order valence-electron chi connectivity index (χ1n) is 6.98. The highest BCUT2D eigenvalue weighted by molar-refractivity contribution is 5.95. The molecule has 20 heavy (non-hydrogen) atoms. The number of amides is 2. The van der Waals surface area contributed by atoms with E-state index in [9.17, 15) is 9.59 Å². The Bertz CT molecular complexity index is 484. The third kappa shape index (κ3) is 3.81. The maximum Gasteiger partial charge on any atom is 0.251 e. The summed E-state index contributed by atoms with van der Waals surface area (Å²) >= 11 is 0. The van der Waals surface area contributed by atoms with Crippen LogP contribution in [0.2, 0.25) is 0 Å². The van der Waals surface area contributed by atoms with Crippen LogP contribution in [0, 0.1) is 0 Å². The molecular weight excluding hydrogens is 254 g/mol. The molecule has 1 aliphatic rings. The predicted molar refractivity (Wildman–Crippen MR) is 78.7 cm³/mol. The molecule has 2 amide bonds. The third-order valence-corrected chi connectivity index (χ3v) is 3.55. The fourth-order valence-corrected chi connectivity index (χ4v) is 2.40. The first-order valence-corrected chi connectivity index (χ1v) is 6.98. The standard InChI is InChI=1S/C15H21N3O2/c1-10-14(4-3-9-16-10)18-15(20)12-5-7-13(8-6-12)17-11(2)19/h5-8,10,14,16H,3-4,9H2,1-2H3,(H,17,19)(H,18,20). The van der Waals surface area contributed by atoms with E-state index in [0.717, 1.165) is 19.4 Å². The molecule has 108 valence electrons. The number of carbonyl (C=O) groups is 2. The fraction of sp³-hybridized carbons (Fsp3) is 0.467. The van der Waals surface area contributed by atoms with Crippen LogP contribution in [0.15, 0.2) is 24.3 Å². The zero-order valence-electron chi connectivity index (χ0n) is 11.9. The summed E-state index contributed by atoms with van der Waals surface area (Å²) in [6.07, 6.45) is 2.08. The minimum atomic E-state index is -0.121. The van der Waals surface area contributed by atoms with Crippen LogP contribution in [-0.4, -0.2) is 30.4 Å². The number of benzene rings is 1. The molecule has 1 saturated heterocycles. The second-order valence-corrected chi connectivity index (χ2v) is 5.22. The first kappa shape index (κ1) is 14.5. The van der Waals surface area contributed by atoms with E-state index < -0.39 is 0 Å². The molecule has 5 nitrogen and oxygen atoms in total. The highest BCUT2D eigenvalue weighted by Gasteiger charge is 2.22. The first-order chi connectivity index (χ1) is 9.56. The lowest BCUT2D eigenvalue weighted by molar-refractivity contribution is -0.114. The van der Waals surface area contributed by atoms with Crippen LogP contribution in [0.3, 0.4) is 0 Å². The summed E-state index contributed by atoms with van der Waals surface area (Å²) in [5.74, 6) is -0.191. The summed E-state index contributed by atoms with van der Waals surface area (Å²) in [6, 6.07) is 7.39. The number of piperidine rings is 1. The van der Waals surface area contributed by atoms with Gasteiger partial charge < -0.3 is 16.0 Å². The number of carbonyl (C=O) groups excluding carboxylic acids is 2. The highest BCUT2D eigenvalue weighted by atomic mass is 16.2. The van der Waals surface area contributed by atoms with Gasteiger partial charge in [-0.2, -0.15) is 0 Å². The van der Waals surface area contributed by atoms with Crippen molar-refractivity contribution in [2.24, 2.45) is 0 Å². The molecule has 0 spiro atoms. The molecule has 5 heteroatoms. The molecule has 2 rings (SSSR count). The highest BCUT2D eigenvalue weighted by Crippen LogP contribution is 2.12. The van der Waals surface area contributed by atoms with Crippen molar-refractivity contribution in [3.63, 3.8) is 0 Å². The number of hydrogen-bond donors (Lipinski definition) is 3. The zero-order valence-corrected chi connectivity index (χ0v) is 11.9. The molecule has 1 aromatic rings. The topological polar surface area (TPSA) is 70.2 Å². The van der Waals surface area contributed by atoms with Crippen molar-refractivity contribution in [1.29, 1.82) is 0 Å². The fourth-order valence-electron chi connectivity index (χ4n) is 2.40. The van der Waals surface area contributed by atoms with Gasteiger partial charge in [0.1, 0.15) is 0 Å².